The molecule has 0 unspecified atom stereocenters. The van der Waals surface area contributed by atoms with Crippen LogP contribution >= 0.6 is 0 Å². The molecule has 0 aromatic heterocycles. The quantitative estimate of drug-likeness (QED) is 0.430. The molecule has 0 aliphatic carbocycles. The van der Waals surface area contributed by atoms with Crippen molar-refractivity contribution >= 4 is 15.8 Å². The van der Waals surface area contributed by atoms with Gasteiger partial charge in [0, 0.05) is 12.1 Å². The fourth-order valence-corrected chi connectivity index (χ4v) is 1.97. The average molecular weight is 230 g/mol. The highest BCUT2D eigenvalue weighted by Gasteiger charge is 2.15. The molecule has 0 spiro atoms. The van der Waals surface area contributed by atoms with Gasteiger partial charge in [0.25, 0.3) is 5.69 Å². The summed E-state index contributed by atoms with van der Waals surface area (Å²) in [6.45, 7) is 2.95. The first-order chi connectivity index (χ1) is 6.73. The smallest absolute Gasteiger partial charge is 0.270 e. The average Bonchev–Trinajstić information content (AvgIpc) is 2.06. The summed E-state index contributed by atoms with van der Waals surface area (Å²) in [4.78, 5) is 9.18. The van der Waals surface area contributed by atoms with E-state index in [1.807, 2.05) is 0 Å². The van der Waals surface area contributed by atoms with Crippen LogP contribution in [-0.2, 0) is 10.1 Å². The molecule has 0 heterocycles. The van der Waals surface area contributed by atoms with Crippen LogP contribution in [-0.4, -0.2) is 17.9 Å². The van der Waals surface area contributed by atoms with E-state index in [-0.39, 0.29) is 5.56 Å². The van der Waals surface area contributed by atoms with Crippen LogP contribution < -0.4 is 0 Å². The minimum Gasteiger partial charge on any atom is -0.744 e. The van der Waals surface area contributed by atoms with Gasteiger partial charge in [0.2, 0.25) is 0 Å². The number of benzene rings is 1. The monoisotopic (exact) mass is 230 g/mol. The highest BCUT2D eigenvalue weighted by molar-refractivity contribution is 7.85. The topological polar surface area (TPSA) is 100 Å². The molecule has 0 saturated heterocycles. The predicted octanol–water partition coefficient (Wildman–Crippen LogP) is 1.12. The Morgan fingerprint density at radius 3 is 2.20 bits per heavy atom. The molecule has 6 nitrogen and oxygen atoms in total. The molecule has 0 bridgehead atoms. The largest absolute Gasteiger partial charge is 0.744 e. The Morgan fingerprint density at radius 2 is 1.80 bits per heavy atom. The van der Waals surface area contributed by atoms with Gasteiger partial charge in [-0.3, -0.25) is 10.1 Å². The Kier molecular flexibility index (Phi) is 2.78. The van der Waals surface area contributed by atoms with Crippen LogP contribution in [0.3, 0.4) is 0 Å². The predicted molar refractivity (Wildman–Crippen MR) is 50.5 cm³/mol. The number of nitro benzene ring substituents is 1. The van der Waals surface area contributed by atoms with Gasteiger partial charge in [0.05, 0.1) is 9.82 Å². The molecule has 0 N–H and O–H groups in total. The van der Waals surface area contributed by atoms with Crippen molar-refractivity contribution in [1.29, 1.82) is 0 Å². The van der Waals surface area contributed by atoms with Crippen molar-refractivity contribution < 1.29 is 17.9 Å². The lowest BCUT2D eigenvalue weighted by atomic mass is 10.1. The third-order valence-electron chi connectivity index (χ3n) is 2.08. The molecule has 1 aromatic carbocycles. The molecule has 1 aromatic rings. The number of aryl methyl sites for hydroxylation is 1. The Balaban J connectivity index is 3.59. The highest BCUT2D eigenvalue weighted by atomic mass is 32.2. The van der Waals surface area contributed by atoms with E-state index >= 15 is 0 Å². The van der Waals surface area contributed by atoms with Gasteiger partial charge in [-0.2, -0.15) is 0 Å². The number of non-ortho nitro benzene ring substituents is 1. The lowest BCUT2D eigenvalue weighted by Gasteiger charge is -2.11. The molecule has 0 amide bonds. The summed E-state index contributed by atoms with van der Waals surface area (Å²) in [6.07, 6.45) is 0. The van der Waals surface area contributed by atoms with Crippen LogP contribution in [0.25, 0.3) is 0 Å². The highest BCUT2D eigenvalue weighted by Crippen LogP contribution is 2.24. The Bertz CT molecular complexity index is 520. The van der Waals surface area contributed by atoms with Crippen LogP contribution in [0.15, 0.2) is 17.0 Å². The SMILES string of the molecule is Cc1cc([N+](=O)[O-])cc(S(=O)(=O)[O-])c1C. The van der Waals surface area contributed by atoms with E-state index in [0.29, 0.717) is 5.56 Å². The summed E-state index contributed by atoms with van der Waals surface area (Å²) >= 11 is 0. The molecule has 1 rings (SSSR count). The lowest BCUT2D eigenvalue weighted by molar-refractivity contribution is -0.385. The maximum atomic E-state index is 10.8. The summed E-state index contributed by atoms with van der Waals surface area (Å²) < 4.78 is 32.4. The second-order valence-electron chi connectivity index (χ2n) is 3.10. The van der Waals surface area contributed by atoms with Crippen LogP contribution in [0.4, 0.5) is 5.69 Å². The third kappa shape index (κ3) is 2.31. The van der Waals surface area contributed by atoms with Crippen LogP contribution in [0.1, 0.15) is 11.1 Å². The standard InChI is InChI=1S/C8H9NO5S/c1-5-3-7(9(10)11)4-8(6(5)2)15(12,13)14/h3-4H,1-2H3,(H,12,13,14)/p-1. The van der Waals surface area contributed by atoms with Crippen LogP contribution in [0, 0.1) is 24.0 Å². The van der Waals surface area contributed by atoms with Gasteiger partial charge in [-0.05, 0) is 25.0 Å². The Morgan fingerprint density at radius 1 is 1.27 bits per heavy atom. The first-order valence-electron chi connectivity index (χ1n) is 3.95. The zero-order valence-corrected chi connectivity index (χ0v) is 8.87. The molecule has 0 aliphatic rings. The molecular weight excluding hydrogens is 222 g/mol. The van der Waals surface area contributed by atoms with Crippen molar-refractivity contribution in [3.63, 3.8) is 0 Å². The van der Waals surface area contributed by atoms with Crippen molar-refractivity contribution in [2.45, 2.75) is 18.7 Å². The molecule has 7 heteroatoms. The van der Waals surface area contributed by atoms with Crippen LogP contribution in [0.5, 0.6) is 0 Å². The van der Waals surface area contributed by atoms with E-state index < -0.39 is 25.6 Å². The molecular formula is C8H8NO5S-. The summed E-state index contributed by atoms with van der Waals surface area (Å²) in [5, 5.41) is 10.5. The maximum absolute atomic E-state index is 10.8. The fraction of sp³-hybridized carbons (Fsp3) is 0.250. The molecule has 82 valence electrons. The summed E-state index contributed by atoms with van der Waals surface area (Å²) in [6, 6.07) is 2.01. The first kappa shape index (κ1) is 11.6. The Hall–Kier alpha value is -1.47. The van der Waals surface area contributed by atoms with Crippen molar-refractivity contribution in [1.82, 2.24) is 0 Å². The summed E-state index contributed by atoms with van der Waals surface area (Å²) in [5.74, 6) is 0. The van der Waals surface area contributed by atoms with Crippen molar-refractivity contribution in [3.05, 3.63) is 33.4 Å². The fourth-order valence-electron chi connectivity index (χ4n) is 1.17. The molecule has 15 heavy (non-hydrogen) atoms. The van der Waals surface area contributed by atoms with Crippen molar-refractivity contribution in [2.75, 3.05) is 0 Å². The summed E-state index contributed by atoms with van der Waals surface area (Å²) in [7, 11) is -4.67. The van der Waals surface area contributed by atoms with Gasteiger partial charge >= 0.3 is 0 Å². The molecule has 0 radical (unpaired) electrons. The zero-order valence-electron chi connectivity index (χ0n) is 8.05. The second kappa shape index (κ2) is 3.59. The van der Waals surface area contributed by atoms with E-state index in [0.717, 1.165) is 6.07 Å². The van der Waals surface area contributed by atoms with E-state index in [9.17, 15) is 23.1 Å². The van der Waals surface area contributed by atoms with Gasteiger partial charge in [0.1, 0.15) is 10.1 Å². The molecule has 0 atom stereocenters. The third-order valence-corrected chi connectivity index (χ3v) is 3.05. The molecule has 0 saturated carbocycles. The summed E-state index contributed by atoms with van der Waals surface area (Å²) in [5.41, 5.74) is 0.252. The normalized spacial score (nSPS) is 11.4. The number of nitro groups is 1. The van der Waals surface area contributed by atoms with E-state index in [4.69, 9.17) is 0 Å². The number of hydrogen-bond acceptors (Lipinski definition) is 5. The second-order valence-corrected chi connectivity index (χ2v) is 4.45. The van der Waals surface area contributed by atoms with Gasteiger partial charge in [-0.25, -0.2) is 8.42 Å². The van der Waals surface area contributed by atoms with Crippen LogP contribution in [0.2, 0.25) is 0 Å². The lowest BCUT2D eigenvalue weighted by Crippen LogP contribution is -2.04. The zero-order chi connectivity index (χ0) is 11.8. The van der Waals surface area contributed by atoms with Gasteiger partial charge in [-0.15, -0.1) is 0 Å². The molecule has 0 aliphatic heterocycles. The minimum absolute atomic E-state index is 0.246. The van der Waals surface area contributed by atoms with Crippen molar-refractivity contribution in [3.8, 4) is 0 Å². The van der Waals surface area contributed by atoms with Gasteiger partial charge < -0.3 is 4.55 Å². The van der Waals surface area contributed by atoms with E-state index in [1.54, 1.807) is 0 Å². The molecule has 0 fully saturated rings. The number of nitrogens with zero attached hydrogens (tertiary/aromatic N) is 1. The van der Waals surface area contributed by atoms with E-state index in [2.05, 4.69) is 0 Å². The number of hydrogen-bond donors (Lipinski definition) is 0. The van der Waals surface area contributed by atoms with Crippen molar-refractivity contribution in [2.24, 2.45) is 0 Å². The Labute approximate surface area is 86.4 Å². The van der Waals surface area contributed by atoms with E-state index in [1.165, 1.54) is 19.9 Å². The van der Waals surface area contributed by atoms with Gasteiger partial charge in [0.15, 0.2) is 0 Å². The maximum Gasteiger partial charge on any atom is 0.270 e. The van der Waals surface area contributed by atoms with Gasteiger partial charge in [-0.1, -0.05) is 0 Å². The minimum atomic E-state index is -4.67. The first-order valence-corrected chi connectivity index (χ1v) is 5.36. The number of rotatable bonds is 2.